The highest BCUT2D eigenvalue weighted by atomic mass is 32.2. The number of ether oxygens (including phenoxy) is 2. The number of benzene rings is 1. The van der Waals surface area contributed by atoms with E-state index in [1.807, 2.05) is 0 Å². The zero-order valence-electron chi connectivity index (χ0n) is 9.72. The summed E-state index contributed by atoms with van der Waals surface area (Å²) in [7, 11) is -2.51. The number of carbonyl (C=O) groups is 2. The number of carbonyl (C=O) groups excluding carboxylic acids is 2. The molecule has 18 heavy (non-hydrogen) atoms. The van der Waals surface area contributed by atoms with Gasteiger partial charge >= 0.3 is 11.9 Å². The van der Waals surface area contributed by atoms with E-state index in [1.54, 1.807) is 6.92 Å². The van der Waals surface area contributed by atoms with Crippen molar-refractivity contribution < 1.29 is 27.5 Å². The Labute approximate surface area is 103 Å². The fraction of sp³-hybridized carbons (Fsp3) is 0.273. The van der Waals surface area contributed by atoms with Gasteiger partial charge in [-0.15, -0.1) is 0 Å². The molecule has 0 aliphatic carbocycles. The van der Waals surface area contributed by atoms with E-state index in [4.69, 9.17) is 0 Å². The largest absolute Gasteiger partial charge is 0.465 e. The first-order valence-electron chi connectivity index (χ1n) is 4.99. The van der Waals surface area contributed by atoms with Gasteiger partial charge in [-0.1, -0.05) is 0 Å². The third-order valence-electron chi connectivity index (χ3n) is 2.63. The average molecular weight is 270 g/mol. The third-order valence-corrected chi connectivity index (χ3v) is 4.07. The molecule has 0 radical (unpaired) electrons. The van der Waals surface area contributed by atoms with Gasteiger partial charge < -0.3 is 9.47 Å². The molecule has 0 aromatic heterocycles. The summed E-state index contributed by atoms with van der Waals surface area (Å²) in [5.74, 6) is -2.06. The molecule has 0 saturated carbocycles. The number of methoxy groups -OCH3 is 1. The van der Waals surface area contributed by atoms with Crippen molar-refractivity contribution in [3.8, 4) is 0 Å². The monoisotopic (exact) mass is 270 g/mol. The highest BCUT2D eigenvalue weighted by Crippen LogP contribution is 2.27. The highest BCUT2D eigenvalue weighted by Gasteiger charge is 2.32. The molecule has 0 fully saturated rings. The average Bonchev–Trinajstić information content (AvgIpc) is 2.33. The normalized spacial score (nSPS) is 16.7. The van der Waals surface area contributed by atoms with Crippen LogP contribution in [0.15, 0.2) is 17.0 Å². The Morgan fingerprint density at radius 1 is 1.39 bits per heavy atom. The van der Waals surface area contributed by atoms with Gasteiger partial charge in [-0.3, -0.25) is 0 Å². The van der Waals surface area contributed by atoms with E-state index in [0.717, 1.165) is 6.07 Å². The summed E-state index contributed by atoms with van der Waals surface area (Å²) in [5, 5.41) is 0. The molecule has 1 heterocycles. The maximum Gasteiger partial charge on any atom is 0.340 e. The Morgan fingerprint density at radius 3 is 2.67 bits per heavy atom. The zero-order chi connectivity index (χ0) is 13.5. The lowest BCUT2D eigenvalue weighted by molar-refractivity contribution is 0.0549. The van der Waals surface area contributed by atoms with Gasteiger partial charge in [0.25, 0.3) is 0 Å². The van der Waals surface area contributed by atoms with Crippen LogP contribution < -0.4 is 0 Å². The van der Waals surface area contributed by atoms with E-state index in [2.05, 4.69) is 9.47 Å². The van der Waals surface area contributed by atoms with Gasteiger partial charge in [-0.05, 0) is 24.6 Å². The molecule has 1 aliphatic heterocycles. The summed E-state index contributed by atoms with van der Waals surface area (Å²) in [6.45, 7) is 1.58. The topological polar surface area (TPSA) is 86.7 Å². The smallest absolute Gasteiger partial charge is 0.340 e. The van der Waals surface area contributed by atoms with Crippen molar-refractivity contribution in [1.29, 1.82) is 0 Å². The second-order valence-electron chi connectivity index (χ2n) is 3.82. The number of sulfone groups is 1. The van der Waals surface area contributed by atoms with Crippen LogP contribution in [-0.2, 0) is 19.3 Å². The number of rotatable bonds is 1. The molecule has 0 bridgehead atoms. The summed E-state index contributed by atoms with van der Waals surface area (Å²) in [5.41, 5.74) is 0.524. The van der Waals surface area contributed by atoms with E-state index in [0.29, 0.717) is 5.56 Å². The number of cyclic esters (lactones) is 1. The fourth-order valence-electron chi connectivity index (χ4n) is 1.71. The summed E-state index contributed by atoms with van der Waals surface area (Å²) < 4.78 is 32.6. The van der Waals surface area contributed by atoms with Gasteiger partial charge in [-0.2, -0.15) is 0 Å². The molecule has 2 rings (SSSR count). The molecule has 0 N–H and O–H groups in total. The molecule has 0 unspecified atom stereocenters. The molecule has 7 heteroatoms. The van der Waals surface area contributed by atoms with Crippen LogP contribution in [0.2, 0.25) is 0 Å². The summed E-state index contributed by atoms with van der Waals surface area (Å²) in [6.07, 6.45) is 0. The molecular formula is C11H10O6S. The van der Waals surface area contributed by atoms with Crippen molar-refractivity contribution in [1.82, 2.24) is 0 Å². The van der Waals surface area contributed by atoms with E-state index < -0.39 is 27.7 Å². The minimum Gasteiger partial charge on any atom is -0.465 e. The predicted octanol–water partition coefficient (Wildman–Crippen LogP) is 0.683. The Morgan fingerprint density at radius 2 is 2.06 bits per heavy atom. The summed E-state index contributed by atoms with van der Waals surface area (Å²) >= 11 is 0. The van der Waals surface area contributed by atoms with Crippen LogP contribution in [0.3, 0.4) is 0 Å². The lowest BCUT2D eigenvalue weighted by atomic mass is 10.0. The van der Waals surface area contributed by atoms with Crippen LogP contribution in [0.5, 0.6) is 0 Å². The fourth-order valence-corrected chi connectivity index (χ4v) is 2.87. The molecule has 0 amide bonds. The van der Waals surface area contributed by atoms with Crippen molar-refractivity contribution in [3.63, 3.8) is 0 Å². The van der Waals surface area contributed by atoms with Crippen LogP contribution in [0.1, 0.15) is 26.3 Å². The number of hydrogen-bond acceptors (Lipinski definition) is 6. The van der Waals surface area contributed by atoms with Crippen LogP contribution >= 0.6 is 0 Å². The number of fused-ring (bicyclic) bond motifs is 1. The molecule has 96 valence electrons. The standard InChI is InChI=1S/C11H10O6S/c1-6-3-8-9(4-7(6)10(12)16-2)18(14,15)5-17-11(8)13/h3-4H,5H2,1-2H3. The van der Waals surface area contributed by atoms with E-state index in [9.17, 15) is 18.0 Å². The second-order valence-corrected chi connectivity index (χ2v) is 5.72. The zero-order valence-corrected chi connectivity index (χ0v) is 10.5. The molecule has 0 atom stereocenters. The maximum absolute atomic E-state index is 11.8. The Balaban J connectivity index is 2.73. The van der Waals surface area contributed by atoms with Gasteiger partial charge in [0.05, 0.1) is 23.1 Å². The van der Waals surface area contributed by atoms with Crippen LogP contribution in [-0.4, -0.2) is 33.4 Å². The highest BCUT2D eigenvalue weighted by molar-refractivity contribution is 7.91. The molecule has 6 nitrogen and oxygen atoms in total. The number of hydrogen-bond donors (Lipinski definition) is 0. The van der Waals surface area contributed by atoms with Crippen LogP contribution in [0, 0.1) is 6.92 Å². The first-order chi connectivity index (χ1) is 8.36. The van der Waals surface area contributed by atoms with E-state index >= 15 is 0 Å². The first-order valence-corrected chi connectivity index (χ1v) is 6.65. The maximum atomic E-state index is 11.8. The lowest BCUT2D eigenvalue weighted by Gasteiger charge is -2.17. The SMILES string of the molecule is COC(=O)c1cc2c(cc1C)C(=O)OCS2(=O)=O. The van der Waals surface area contributed by atoms with E-state index in [1.165, 1.54) is 13.2 Å². The van der Waals surface area contributed by atoms with Crippen molar-refractivity contribution in [3.05, 3.63) is 28.8 Å². The molecule has 0 saturated heterocycles. The molecule has 1 aliphatic rings. The van der Waals surface area contributed by atoms with E-state index in [-0.39, 0.29) is 16.0 Å². The summed E-state index contributed by atoms with van der Waals surface area (Å²) in [6, 6.07) is 2.48. The van der Waals surface area contributed by atoms with Crippen molar-refractivity contribution in [2.75, 3.05) is 13.0 Å². The molecule has 1 aromatic carbocycles. The van der Waals surface area contributed by atoms with Gasteiger partial charge in [0.15, 0.2) is 5.94 Å². The minimum absolute atomic E-state index is 0.0496. The van der Waals surface area contributed by atoms with Crippen molar-refractivity contribution in [2.24, 2.45) is 0 Å². The number of aryl methyl sites for hydroxylation is 1. The van der Waals surface area contributed by atoms with Gasteiger partial charge in [-0.25, -0.2) is 18.0 Å². The third kappa shape index (κ3) is 1.86. The van der Waals surface area contributed by atoms with Gasteiger partial charge in [0, 0.05) is 0 Å². The second kappa shape index (κ2) is 4.09. The first kappa shape index (κ1) is 12.6. The van der Waals surface area contributed by atoms with Gasteiger partial charge in [0.2, 0.25) is 9.84 Å². The Kier molecular flexibility index (Phi) is 2.86. The minimum atomic E-state index is -3.71. The Hall–Kier alpha value is -1.89. The van der Waals surface area contributed by atoms with Crippen molar-refractivity contribution >= 4 is 21.8 Å². The molecule has 1 aromatic rings. The number of esters is 2. The predicted molar refractivity (Wildman–Crippen MR) is 60.0 cm³/mol. The Bertz CT molecular complexity index is 644. The van der Waals surface area contributed by atoms with Crippen molar-refractivity contribution in [2.45, 2.75) is 11.8 Å². The van der Waals surface area contributed by atoms with Crippen LogP contribution in [0.4, 0.5) is 0 Å². The van der Waals surface area contributed by atoms with Gasteiger partial charge in [0.1, 0.15) is 0 Å². The lowest BCUT2D eigenvalue weighted by Crippen LogP contribution is -2.25. The molecule has 0 spiro atoms. The molecular weight excluding hydrogens is 260 g/mol. The summed E-state index contributed by atoms with van der Waals surface area (Å²) in [4.78, 5) is 22.8. The van der Waals surface area contributed by atoms with Crippen LogP contribution in [0.25, 0.3) is 0 Å². The quantitative estimate of drug-likeness (QED) is 0.697.